The molecule has 1 aromatic heterocycles. The quantitative estimate of drug-likeness (QED) is 0.469. The molecule has 8 heteroatoms. The standard InChI is InChI=1S/C20H19BrClN3O3/c1-3-28-19(26)18-17(24-20(21)25-18)16(12-7-9-13(22)10-8-12)23-14-5-4-6-15(11-14)27-2/h4-11,16,23H,3H2,1-2H3,(H,24,25). The molecule has 146 valence electrons. The van der Waals surface area contributed by atoms with Crippen molar-refractivity contribution in [3.63, 3.8) is 0 Å². The zero-order valence-electron chi connectivity index (χ0n) is 15.3. The van der Waals surface area contributed by atoms with Gasteiger partial charge in [0.1, 0.15) is 5.75 Å². The molecule has 0 amide bonds. The Kier molecular flexibility index (Phi) is 6.59. The number of hydrogen-bond acceptors (Lipinski definition) is 5. The summed E-state index contributed by atoms with van der Waals surface area (Å²) < 4.78 is 10.9. The number of aromatic amines is 1. The van der Waals surface area contributed by atoms with Crippen LogP contribution in [0, 0.1) is 0 Å². The second-order valence-electron chi connectivity index (χ2n) is 5.87. The van der Waals surface area contributed by atoms with Crippen LogP contribution < -0.4 is 10.1 Å². The molecule has 0 fully saturated rings. The number of imidazole rings is 1. The molecule has 0 bridgehead atoms. The predicted octanol–water partition coefficient (Wildman–Crippen LogP) is 5.21. The average molecular weight is 465 g/mol. The molecule has 0 saturated heterocycles. The van der Waals surface area contributed by atoms with Crippen LogP contribution in [0.1, 0.15) is 34.7 Å². The number of nitrogens with zero attached hydrogens (tertiary/aromatic N) is 1. The Labute approximate surface area is 176 Å². The van der Waals surface area contributed by atoms with Gasteiger partial charge in [-0.05, 0) is 52.7 Å². The van der Waals surface area contributed by atoms with Crippen molar-refractivity contribution >= 4 is 39.2 Å². The number of halogens is 2. The first-order valence-electron chi connectivity index (χ1n) is 8.60. The van der Waals surface area contributed by atoms with Crippen LogP contribution in [-0.2, 0) is 4.74 Å². The third-order valence-electron chi connectivity index (χ3n) is 4.04. The van der Waals surface area contributed by atoms with Crippen molar-refractivity contribution < 1.29 is 14.3 Å². The Balaban J connectivity index is 2.06. The lowest BCUT2D eigenvalue weighted by atomic mass is 10.0. The fourth-order valence-electron chi connectivity index (χ4n) is 2.78. The van der Waals surface area contributed by atoms with E-state index in [1.807, 2.05) is 36.4 Å². The molecule has 2 aromatic carbocycles. The van der Waals surface area contributed by atoms with Crippen LogP contribution in [-0.4, -0.2) is 29.7 Å². The number of nitrogens with one attached hydrogen (secondary N) is 2. The van der Waals surface area contributed by atoms with Gasteiger partial charge in [0, 0.05) is 16.8 Å². The van der Waals surface area contributed by atoms with Crippen LogP contribution in [0.2, 0.25) is 5.02 Å². The number of anilines is 1. The maximum absolute atomic E-state index is 12.4. The minimum absolute atomic E-state index is 0.212. The van der Waals surface area contributed by atoms with Crippen LogP contribution in [0.5, 0.6) is 5.75 Å². The number of carbonyl (C=O) groups excluding carboxylic acids is 1. The number of ether oxygens (including phenoxy) is 2. The third-order valence-corrected chi connectivity index (χ3v) is 4.67. The monoisotopic (exact) mass is 463 g/mol. The molecule has 0 aliphatic rings. The van der Waals surface area contributed by atoms with Gasteiger partial charge in [-0.2, -0.15) is 0 Å². The molecule has 0 aliphatic carbocycles. The molecule has 1 unspecified atom stereocenters. The van der Waals surface area contributed by atoms with Gasteiger partial charge in [0.15, 0.2) is 10.4 Å². The molecule has 0 spiro atoms. The fraction of sp³-hybridized carbons (Fsp3) is 0.200. The Morgan fingerprint density at radius 2 is 2.04 bits per heavy atom. The first-order chi connectivity index (χ1) is 13.5. The van der Waals surface area contributed by atoms with Crippen molar-refractivity contribution in [1.82, 2.24) is 9.97 Å². The summed E-state index contributed by atoms with van der Waals surface area (Å²) in [5.74, 6) is 0.224. The predicted molar refractivity (Wildman–Crippen MR) is 112 cm³/mol. The first kappa shape index (κ1) is 20.2. The van der Waals surface area contributed by atoms with E-state index in [0.717, 1.165) is 17.0 Å². The maximum Gasteiger partial charge on any atom is 0.358 e. The van der Waals surface area contributed by atoms with Gasteiger partial charge in [-0.1, -0.05) is 29.8 Å². The van der Waals surface area contributed by atoms with Gasteiger partial charge in [-0.25, -0.2) is 9.78 Å². The second kappa shape index (κ2) is 9.12. The van der Waals surface area contributed by atoms with E-state index in [-0.39, 0.29) is 12.3 Å². The third kappa shape index (κ3) is 4.66. The minimum Gasteiger partial charge on any atom is -0.497 e. The van der Waals surface area contributed by atoms with E-state index in [9.17, 15) is 4.79 Å². The Hall–Kier alpha value is -2.51. The highest BCUT2D eigenvalue weighted by Gasteiger charge is 2.26. The Morgan fingerprint density at radius 1 is 1.29 bits per heavy atom. The van der Waals surface area contributed by atoms with Crippen molar-refractivity contribution in [2.75, 3.05) is 19.0 Å². The molecule has 6 nitrogen and oxygen atoms in total. The van der Waals surface area contributed by atoms with E-state index >= 15 is 0 Å². The van der Waals surface area contributed by atoms with Gasteiger partial charge in [0.2, 0.25) is 0 Å². The molecule has 2 N–H and O–H groups in total. The summed E-state index contributed by atoms with van der Waals surface area (Å²) in [4.78, 5) is 19.8. The van der Waals surface area contributed by atoms with Gasteiger partial charge in [-0.15, -0.1) is 0 Å². The Bertz CT molecular complexity index is 960. The van der Waals surface area contributed by atoms with E-state index < -0.39 is 12.0 Å². The van der Waals surface area contributed by atoms with Gasteiger partial charge in [-0.3, -0.25) is 0 Å². The second-order valence-corrected chi connectivity index (χ2v) is 7.06. The van der Waals surface area contributed by atoms with Crippen molar-refractivity contribution in [2.45, 2.75) is 13.0 Å². The van der Waals surface area contributed by atoms with E-state index in [1.54, 1.807) is 26.2 Å². The summed E-state index contributed by atoms with van der Waals surface area (Å²) in [6.45, 7) is 2.02. The lowest BCUT2D eigenvalue weighted by molar-refractivity contribution is 0.0518. The summed E-state index contributed by atoms with van der Waals surface area (Å²) in [5.41, 5.74) is 2.51. The van der Waals surface area contributed by atoms with Crippen molar-refractivity contribution in [1.29, 1.82) is 0 Å². The average Bonchev–Trinajstić information content (AvgIpc) is 3.09. The van der Waals surface area contributed by atoms with Crippen LogP contribution in [0.3, 0.4) is 0 Å². The zero-order valence-corrected chi connectivity index (χ0v) is 17.7. The normalized spacial score (nSPS) is 11.7. The Morgan fingerprint density at radius 3 is 2.71 bits per heavy atom. The number of carbonyl (C=O) groups is 1. The maximum atomic E-state index is 12.4. The lowest BCUT2D eigenvalue weighted by Gasteiger charge is -2.21. The van der Waals surface area contributed by atoms with Gasteiger partial charge >= 0.3 is 5.97 Å². The number of H-pyrrole nitrogens is 1. The van der Waals surface area contributed by atoms with Gasteiger partial charge in [0.25, 0.3) is 0 Å². The molecule has 0 aliphatic heterocycles. The highest BCUT2D eigenvalue weighted by molar-refractivity contribution is 9.10. The molecule has 3 rings (SSSR count). The smallest absolute Gasteiger partial charge is 0.358 e. The molecule has 3 aromatic rings. The van der Waals surface area contributed by atoms with E-state index in [2.05, 4.69) is 31.2 Å². The zero-order chi connectivity index (χ0) is 20.1. The SMILES string of the molecule is CCOC(=O)c1nc(Br)[nH]c1C(Nc1cccc(OC)c1)c1ccc(Cl)cc1. The number of esters is 1. The summed E-state index contributed by atoms with van der Waals surface area (Å²) in [7, 11) is 1.61. The number of aromatic nitrogens is 2. The van der Waals surface area contributed by atoms with E-state index in [4.69, 9.17) is 21.1 Å². The topological polar surface area (TPSA) is 76.2 Å². The molecular weight excluding hydrogens is 446 g/mol. The number of benzene rings is 2. The first-order valence-corrected chi connectivity index (χ1v) is 9.77. The summed E-state index contributed by atoms with van der Waals surface area (Å²) in [6, 6.07) is 14.5. The number of methoxy groups -OCH3 is 1. The van der Waals surface area contributed by atoms with Gasteiger partial charge in [0.05, 0.1) is 25.5 Å². The largest absolute Gasteiger partial charge is 0.497 e. The lowest BCUT2D eigenvalue weighted by Crippen LogP contribution is -2.17. The van der Waals surface area contributed by atoms with Crippen molar-refractivity contribution in [3.8, 4) is 5.75 Å². The number of rotatable bonds is 7. The minimum atomic E-state index is -0.495. The molecule has 0 radical (unpaired) electrons. The van der Waals surface area contributed by atoms with E-state index in [1.165, 1.54) is 0 Å². The molecule has 28 heavy (non-hydrogen) atoms. The van der Waals surface area contributed by atoms with Crippen LogP contribution in [0.15, 0.2) is 53.3 Å². The molecule has 1 atom stereocenters. The number of hydrogen-bond donors (Lipinski definition) is 2. The fourth-order valence-corrected chi connectivity index (χ4v) is 3.29. The van der Waals surface area contributed by atoms with E-state index in [0.29, 0.717) is 15.5 Å². The van der Waals surface area contributed by atoms with Crippen LogP contribution in [0.4, 0.5) is 5.69 Å². The summed E-state index contributed by atoms with van der Waals surface area (Å²) in [5, 5.41) is 4.06. The molecule has 0 saturated carbocycles. The highest BCUT2D eigenvalue weighted by atomic mass is 79.9. The summed E-state index contributed by atoms with van der Waals surface area (Å²) >= 11 is 9.37. The van der Waals surface area contributed by atoms with Crippen molar-refractivity contribution in [3.05, 3.63) is 75.2 Å². The van der Waals surface area contributed by atoms with Crippen LogP contribution in [0.25, 0.3) is 0 Å². The van der Waals surface area contributed by atoms with Crippen molar-refractivity contribution in [2.24, 2.45) is 0 Å². The van der Waals surface area contributed by atoms with Crippen LogP contribution >= 0.6 is 27.5 Å². The molecule has 1 heterocycles. The highest BCUT2D eigenvalue weighted by Crippen LogP contribution is 2.31. The summed E-state index contributed by atoms with van der Waals surface area (Å²) in [6.07, 6.45) is 0. The molecular formula is C20H19BrClN3O3. The van der Waals surface area contributed by atoms with Gasteiger partial charge < -0.3 is 19.8 Å².